The molecule has 3 aromatic carbocycles. The second kappa shape index (κ2) is 10.6. The van der Waals surface area contributed by atoms with E-state index in [1.807, 2.05) is 73.7 Å². The molecular weight excluding hydrogens is 520 g/mol. The van der Waals surface area contributed by atoms with Gasteiger partial charge >= 0.3 is 5.97 Å². The summed E-state index contributed by atoms with van der Waals surface area (Å²) in [6.07, 6.45) is 0.470. The Labute approximate surface area is 236 Å². The molecule has 1 amide bonds. The third-order valence-corrected chi connectivity index (χ3v) is 7.60. The van der Waals surface area contributed by atoms with Crippen molar-refractivity contribution >= 4 is 45.5 Å². The fourth-order valence-corrected chi connectivity index (χ4v) is 5.86. The van der Waals surface area contributed by atoms with Crippen LogP contribution in [-0.2, 0) is 9.59 Å². The number of carbonyl (C=O) groups excluding carboxylic acids is 1. The number of benzene rings is 3. The number of nitrogens with zero attached hydrogens (tertiary/aromatic N) is 3. The highest BCUT2D eigenvalue weighted by atomic mass is 16.5. The number of ether oxygens (including phenoxy) is 1. The van der Waals surface area contributed by atoms with E-state index in [9.17, 15) is 14.7 Å². The van der Waals surface area contributed by atoms with Crippen molar-refractivity contribution < 1.29 is 23.8 Å². The van der Waals surface area contributed by atoms with Gasteiger partial charge in [-0.1, -0.05) is 42.5 Å². The van der Waals surface area contributed by atoms with E-state index < -0.39 is 12.0 Å². The minimum absolute atomic E-state index is 0.162. The second-order valence-corrected chi connectivity index (χ2v) is 10.5. The number of aryl methyl sites for hydroxylation is 2. The topological polar surface area (TPSA) is 118 Å². The van der Waals surface area contributed by atoms with Crippen LogP contribution >= 0.6 is 0 Å². The lowest BCUT2D eigenvalue weighted by Crippen LogP contribution is -2.36. The van der Waals surface area contributed by atoms with E-state index in [0.717, 1.165) is 22.1 Å². The zero-order valence-corrected chi connectivity index (χ0v) is 23.0. The Bertz CT molecular complexity index is 1780. The van der Waals surface area contributed by atoms with Gasteiger partial charge in [0.1, 0.15) is 28.7 Å². The average Bonchev–Trinajstić information content (AvgIpc) is 3.54. The number of carbonyl (C=O) groups is 2. The van der Waals surface area contributed by atoms with Crippen LogP contribution in [0.2, 0.25) is 0 Å². The van der Waals surface area contributed by atoms with E-state index in [4.69, 9.17) is 9.15 Å². The largest absolute Gasteiger partial charge is 0.496 e. The maximum Gasteiger partial charge on any atom is 0.326 e. The number of methoxy groups -OCH3 is 1. The Kier molecular flexibility index (Phi) is 6.78. The summed E-state index contributed by atoms with van der Waals surface area (Å²) in [6.45, 7) is 4.11. The number of aromatic nitrogens is 2. The molecule has 0 unspecified atom stereocenters. The summed E-state index contributed by atoms with van der Waals surface area (Å²) >= 11 is 0. The maximum atomic E-state index is 13.2. The molecule has 1 aliphatic rings. The number of hydrogen-bond donors (Lipinski definition) is 2. The van der Waals surface area contributed by atoms with Crippen LogP contribution in [0.25, 0.3) is 33.2 Å². The first kappa shape index (κ1) is 26.3. The summed E-state index contributed by atoms with van der Waals surface area (Å²) in [5.74, 6) is 0.271. The zero-order chi connectivity index (χ0) is 28.7. The first-order valence-electron chi connectivity index (χ1n) is 13.5. The summed E-state index contributed by atoms with van der Waals surface area (Å²) < 4.78 is 11.8. The number of nitrogens with one attached hydrogen (secondary N) is 1. The average molecular weight is 551 g/mol. The van der Waals surface area contributed by atoms with Crippen molar-refractivity contribution in [2.75, 3.05) is 23.9 Å². The molecule has 6 rings (SSSR count). The van der Waals surface area contributed by atoms with Crippen molar-refractivity contribution in [2.24, 2.45) is 5.92 Å². The van der Waals surface area contributed by atoms with Crippen LogP contribution < -0.4 is 15.0 Å². The molecule has 0 bridgehead atoms. The number of para-hydroxylation sites is 1. The summed E-state index contributed by atoms with van der Waals surface area (Å²) in [4.78, 5) is 36.4. The molecule has 9 nitrogen and oxygen atoms in total. The lowest BCUT2D eigenvalue weighted by atomic mass is 9.98. The molecule has 2 N–H and O–H groups in total. The van der Waals surface area contributed by atoms with E-state index in [1.54, 1.807) is 18.9 Å². The van der Waals surface area contributed by atoms with Gasteiger partial charge in [-0.15, -0.1) is 0 Å². The summed E-state index contributed by atoms with van der Waals surface area (Å²) in [5.41, 5.74) is 5.37. The number of anilines is 2. The van der Waals surface area contributed by atoms with Crippen molar-refractivity contribution in [1.29, 1.82) is 0 Å². The molecule has 1 saturated heterocycles. The molecule has 3 heterocycles. The molecule has 0 spiro atoms. The van der Waals surface area contributed by atoms with Gasteiger partial charge in [0.05, 0.1) is 7.11 Å². The van der Waals surface area contributed by atoms with Crippen molar-refractivity contribution in [3.8, 4) is 16.9 Å². The van der Waals surface area contributed by atoms with Crippen molar-refractivity contribution in [3.05, 3.63) is 78.1 Å². The molecule has 0 aliphatic carbocycles. The van der Waals surface area contributed by atoms with Crippen LogP contribution in [0.5, 0.6) is 5.75 Å². The van der Waals surface area contributed by atoms with Crippen molar-refractivity contribution in [3.63, 3.8) is 0 Å². The van der Waals surface area contributed by atoms with E-state index in [2.05, 4.69) is 15.3 Å². The molecular formula is C32H30N4O5. The third-order valence-electron chi connectivity index (χ3n) is 7.60. The van der Waals surface area contributed by atoms with E-state index >= 15 is 0 Å². The normalized spacial score (nSPS) is 16.8. The van der Waals surface area contributed by atoms with Gasteiger partial charge < -0.3 is 24.5 Å². The summed E-state index contributed by atoms with van der Waals surface area (Å²) in [5, 5.41) is 13.9. The van der Waals surface area contributed by atoms with E-state index in [1.165, 1.54) is 0 Å². The zero-order valence-electron chi connectivity index (χ0n) is 23.0. The van der Waals surface area contributed by atoms with Gasteiger partial charge in [-0.25, -0.2) is 14.8 Å². The van der Waals surface area contributed by atoms with Crippen LogP contribution in [0.3, 0.4) is 0 Å². The third kappa shape index (κ3) is 4.95. The van der Waals surface area contributed by atoms with Crippen molar-refractivity contribution in [2.45, 2.75) is 32.7 Å². The number of carboxylic acids is 1. The number of fused-ring (bicyclic) bond motifs is 3. The number of furan rings is 1. The Morgan fingerprint density at radius 1 is 1.07 bits per heavy atom. The Morgan fingerprint density at radius 2 is 1.83 bits per heavy atom. The fraction of sp³-hybridized carbons (Fsp3) is 0.250. The number of hydrogen-bond acceptors (Lipinski definition) is 7. The predicted molar refractivity (Wildman–Crippen MR) is 157 cm³/mol. The van der Waals surface area contributed by atoms with Gasteiger partial charge in [0, 0.05) is 35.7 Å². The van der Waals surface area contributed by atoms with Crippen LogP contribution in [-0.4, -0.2) is 46.6 Å². The first-order valence-corrected chi connectivity index (χ1v) is 13.5. The minimum Gasteiger partial charge on any atom is -0.496 e. The predicted octanol–water partition coefficient (Wildman–Crippen LogP) is 5.98. The van der Waals surface area contributed by atoms with Crippen molar-refractivity contribution in [1.82, 2.24) is 9.97 Å². The Hall–Kier alpha value is -4.92. The molecule has 5 aromatic rings. The molecule has 9 heteroatoms. The monoisotopic (exact) mass is 550 g/mol. The minimum atomic E-state index is -0.967. The molecule has 0 saturated carbocycles. The van der Waals surface area contributed by atoms with E-state index in [0.29, 0.717) is 52.7 Å². The fourth-order valence-electron chi connectivity index (χ4n) is 5.86. The number of carboxylic acid groups (broad SMARTS) is 1. The molecule has 208 valence electrons. The molecule has 41 heavy (non-hydrogen) atoms. The first-order chi connectivity index (χ1) is 19.8. The van der Waals surface area contributed by atoms with Gasteiger partial charge in [0.25, 0.3) is 0 Å². The Morgan fingerprint density at radius 3 is 2.59 bits per heavy atom. The van der Waals surface area contributed by atoms with Gasteiger partial charge in [0.15, 0.2) is 11.4 Å². The number of rotatable bonds is 7. The molecule has 0 radical (unpaired) electrons. The highest BCUT2D eigenvalue weighted by molar-refractivity contribution is 6.06. The number of aliphatic carboxylic acids is 1. The summed E-state index contributed by atoms with van der Waals surface area (Å²) in [7, 11) is 1.61. The standard InChI is InChI=1S/C32H30N4O5/c1-18-13-22(16-26(40-3)28(18)21-9-5-4-6-10-21)35-27(37)15-20-14-24(32(38)39)36(17-20)31-30-29(33-19(2)34-31)23-11-7-8-12-25(23)41-30/h4-13,16,20,24H,14-15,17H2,1-3H3,(H,35,37)(H,38,39)/t20-,24+/m1/s1. The quantitative estimate of drug-likeness (QED) is 0.254. The molecule has 1 fully saturated rings. The second-order valence-electron chi connectivity index (χ2n) is 10.5. The highest BCUT2D eigenvalue weighted by Crippen LogP contribution is 2.39. The van der Waals surface area contributed by atoms with Crippen LogP contribution in [0.15, 0.2) is 71.1 Å². The Balaban J connectivity index is 1.24. The lowest BCUT2D eigenvalue weighted by Gasteiger charge is -2.22. The maximum absolute atomic E-state index is 13.2. The van der Waals surface area contributed by atoms with Gasteiger partial charge in [-0.3, -0.25) is 4.79 Å². The highest BCUT2D eigenvalue weighted by Gasteiger charge is 2.40. The van der Waals surface area contributed by atoms with Gasteiger partial charge in [-0.05, 0) is 55.5 Å². The molecule has 1 aliphatic heterocycles. The lowest BCUT2D eigenvalue weighted by molar-refractivity contribution is -0.138. The van der Waals surface area contributed by atoms with E-state index in [-0.39, 0.29) is 18.2 Å². The SMILES string of the molecule is COc1cc(NC(=O)C[C@H]2C[C@@H](C(=O)O)N(c3nc(C)nc4c3oc3ccccc34)C2)cc(C)c1-c1ccccc1. The van der Waals surface area contributed by atoms with Crippen LogP contribution in [0, 0.1) is 19.8 Å². The van der Waals surface area contributed by atoms with Gasteiger partial charge in [0.2, 0.25) is 5.91 Å². The van der Waals surface area contributed by atoms with Crippen LogP contribution in [0.4, 0.5) is 11.5 Å². The van der Waals surface area contributed by atoms with Crippen LogP contribution in [0.1, 0.15) is 24.2 Å². The van der Waals surface area contributed by atoms with Gasteiger partial charge in [-0.2, -0.15) is 0 Å². The smallest absolute Gasteiger partial charge is 0.326 e. The molecule has 2 aromatic heterocycles. The molecule has 2 atom stereocenters. The summed E-state index contributed by atoms with van der Waals surface area (Å²) in [6, 6.07) is 20.4. The number of amides is 1.